The van der Waals surface area contributed by atoms with Gasteiger partial charge in [-0.1, -0.05) is 24.3 Å². The Morgan fingerprint density at radius 3 is 2.89 bits per heavy atom. The maximum atomic E-state index is 4.48. The van der Waals surface area contributed by atoms with E-state index in [4.69, 9.17) is 0 Å². The molecule has 0 aliphatic rings. The lowest BCUT2D eigenvalue weighted by Crippen LogP contribution is -1.85. The lowest BCUT2D eigenvalue weighted by atomic mass is 10.2. The van der Waals surface area contributed by atoms with Crippen LogP contribution >= 0.6 is 11.8 Å². The van der Waals surface area contributed by atoms with Gasteiger partial charge in [0.2, 0.25) is 0 Å². The summed E-state index contributed by atoms with van der Waals surface area (Å²) in [7, 11) is 0. The Morgan fingerprint density at radius 1 is 1.21 bits per heavy atom. The second-order valence-electron chi connectivity index (χ2n) is 3.91. The molecule has 2 heterocycles. The van der Waals surface area contributed by atoms with E-state index >= 15 is 0 Å². The molecule has 0 saturated heterocycles. The lowest BCUT2D eigenvalue weighted by molar-refractivity contribution is 1.26. The summed E-state index contributed by atoms with van der Waals surface area (Å²) in [6, 6.07) is 8.15. The first-order valence-electron chi connectivity index (χ1n) is 5.88. The largest absolute Gasteiger partial charge is 0.321 e. The topological polar surface area (TPSA) is 54.5 Å². The molecule has 19 heavy (non-hydrogen) atoms. The minimum Gasteiger partial charge on any atom is -0.321 e. The van der Waals surface area contributed by atoms with Gasteiger partial charge in [0.05, 0.1) is 0 Å². The van der Waals surface area contributed by atoms with Crippen molar-refractivity contribution in [3.63, 3.8) is 0 Å². The molecule has 0 saturated carbocycles. The second-order valence-corrected chi connectivity index (χ2v) is 4.97. The molecule has 3 aromatic rings. The third-order valence-electron chi connectivity index (χ3n) is 2.63. The Labute approximate surface area is 115 Å². The summed E-state index contributed by atoms with van der Waals surface area (Å²) in [6.07, 6.45) is 5.19. The highest BCUT2D eigenvalue weighted by atomic mass is 32.2. The highest BCUT2D eigenvalue weighted by molar-refractivity contribution is 7.99. The van der Waals surface area contributed by atoms with Crippen LogP contribution < -0.4 is 0 Å². The normalized spacial score (nSPS) is 10.7. The fraction of sp³-hybridized carbons (Fsp3) is 0.0714. The van der Waals surface area contributed by atoms with Crippen molar-refractivity contribution in [2.24, 2.45) is 0 Å². The van der Waals surface area contributed by atoms with E-state index in [-0.39, 0.29) is 0 Å². The summed E-state index contributed by atoms with van der Waals surface area (Å²) in [5, 5.41) is 0. The Hall–Kier alpha value is -2.14. The fourth-order valence-corrected chi connectivity index (χ4v) is 2.60. The fourth-order valence-electron chi connectivity index (χ4n) is 1.81. The number of thioether (sulfide) groups is 1. The van der Waals surface area contributed by atoms with Crippen molar-refractivity contribution in [3.8, 4) is 11.4 Å². The van der Waals surface area contributed by atoms with Crippen molar-refractivity contribution in [2.45, 2.75) is 4.90 Å². The number of aromatic amines is 1. The molecule has 0 atom stereocenters. The zero-order valence-corrected chi connectivity index (χ0v) is 11.0. The van der Waals surface area contributed by atoms with Crippen LogP contribution in [-0.4, -0.2) is 25.7 Å². The molecule has 4 nitrogen and oxygen atoms in total. The van der Waals surface area contributed by atoms with Crippen molar-refractivity contribution in [1.29, 1.82) is 0 Å². The van der Waals surface area contributed by atoms with Crippen LogP contribution in [0.2, 0.25) is 0 Å². The second kappa shape index (κ2) is 5.24. The Balaban J connectivity index is 2.07. The molecule has 0 bridgehead atoms. The number of hydrogen-bond donors (Lipinski definition) is 1. The van der Waals surface area contributed by atoms with Gasteiger partial charge in [0.1, 0.15) is 5.82 Å². The van der Waals surface area contributed by atoms with Crippen molar-refractivity contribution in [1.82, 2.24) is 19.9 Å². The quantitative estimate of drug-likeness (QED) is 0.582. The van der Waals surface area contributed by atoms with Gasteiger partial charge in [-0.05, 0) is 6.07 Å². The Morgan fingerprint density at radius 2 is 2.05 bits per heavy atom. The summed E-state index contributed by atoms with van der Waals surface area (Å²) in [5.74, 6) is 1.67. The predicted octanol–water partition coefficient (Wildman–Crippen LogP) is 3.30. The summed E-state index contributed by atoms with van der Waals surface area (Å²) in [5.41, 5.74) is 2.41. The zero-order chi connectivity index (χ0) is 13.1. The summed E-state index contributed by atoms with van der Waals surface area (Å²) in [6.45, 7) is 3.75. The molecule has 3 rings (SSSR count). The molecule has 1 aromatic carbocycles. The molecule has 0 unspecified atom stereocenters. The van der Waals surface area contributed by atoms with Crippen LogP contribution in [0.15, 0.2) is 54.2 Å². The van der Waals surface area contributed by atoms with Gasteiger partial charge in [-0.15, -0.1) is 18.3 Å². The van der Waals surface area contributed by atoms with Crippen molar-refractivity contribution in [2.75, 3.05) is 5.75 Å². The molecule has 0 radical (unpaired) electrons. The molecule has 5 heteroatoms. The maximum absolute atomic E-state index is 4.48. The summed E-state index contributed by atoms with van der Waals surface area (Å²) >= 11 is 1.73. The average molecular weight is 268 g/mol. The van der Waals surface area contributed by atoms with Crippen molar-refractivity contribution >= 4 is 23.1 Å². The lowest BCUT2D eigenvalue weighted by Gasteiger charge is -2.04. The van der Waals surface area contributed by atoms with Gasteiger partial charge in [-0.2, -0.15) is 0 Å². The highest BCUT2D eigenvalue weighted by Gasteiger charge is 2.10. The number of H-pyrrole nitrogens is 1. The number of rotatable bonds is 4. The van der Waals surface area contributed by atoms with E-state index in [9.17, 15) is 0 Å². The van der Waals surface area contributed by atoms with Gasteiger partial charge in [-0.3, -0.25) is 0 Å². The van der Waals surface area contributed by atoms with E-state index in [1.807, 2.05) is 24.3 Å². The smallest absolute Gasteiger partial charge is 0.197 e. The van der Waals surface area contributed by atoms with Crippen molar-refractivity contribution in [3.05, 3.63) is 49.3 Å². The van der Waals surface area contributed by atoms with Crippen LogP contribution in [0, 0.1) is 0 Å². The predicted molar refractivity (Wildman–Crippen MR) is 78.0 cm³/mol. The van der Waals surface area contributed by atoms with Crippen LogP contribution in [-0.2, 0) is 0 Å². The van der Waals surface area contributed by atoms with E-state index in [1.54, 1.807) is 24.2 Å². The van der Waals surface area contributed by atoms with Gasteiger partial charge in [0.25, 0.3) is 0 Å². The van der Waals surface area contributed by atoms with Gasteiger partial charge in [0, 0.05) is 28.6 Å². The molecule has 94 valence electrons. The number of nitrogens with zero attached hydrogens (tertiary/aromatic N) is 3. The third-order valence-corrected chi connectivity index (χ3v) is 3.70. The zero-order valence-electron chi connectivity index (χ0n) is 10.2. The first-order valence-corrected chi connectivity index (χ1v) is 6.87. The van der Waals surface area contributed by atoms with E-state index in [1.165, 1.54) is 4.90 Å². The van der Waals surface area contributed by atoms with E-state index in [0.717, 1.165) is 17.1 Å². The number of imidazole rings is 1. The van der Waals surface area contributed by atoms with E-state index < -0.39 is 0 Å². The number of nitrogens with one attached hydrogen (secondary N) is 1. The van der Waals surface area contributed by atoms with Crippen LogP contribution in [0.5, 0.6) is 0 Å². The first kappa shape index (κ1) is 11.9. The number of aromatic nitrogens is 4. The molecular formula is C14H12N4S. The standard InChI is InChI=1S/C14H12N4S/c1-2-9-19-11-6-4-3-5-10(11)12-17-13-14(18-12)16-8-7-15-13/h2-8H,1,9H2,(H,15,16,17,18). The molecule has 0 fully saturated rings. The molecular weight excluding hydrogens is 256 g/mol. The third kappa shape index (κ3) is 2.37. The van der Waals surface area contributed by atoms with E-state index in [2.05, 4.69) is 32.6 Å². The van der Waals surface area contributed by atoms with Crippen LogP contribution in [0.4, 0.5) is 0 Å². The molecule has 2 aromatic heterocycles. The molecule has 0 amide bonds. The van der Waals surface area contributed by atoms with Crippen molar-refractivity contribution < 1.29 is 0 Å². The number of benzene rings is 1. The van der Waals surface area contributed by atoms with Crippen LogP contribution in [0.3, 0.4) is 0 Å². The van der Waals surface area contributed by atoms with Gasteiger partial charge < -0.3 is 4.98 Å². The number of fused-ring (bicyclic) bond motifs is 1. The first-order chi connectivity index (χ1) is 9.38. The van der Waals surface area contributed by atoms with Crippen LogP contribution in [0.25, 0.3) is 22.7 Å². The molecule has 0 aliphatic heterocycles. The number of hydrogen-bond acceptors (Lipinski definition) is 4. The molecule has 0 aliphatic carbocycles. The highest BCUT2D eigenvalue weighted by Crippen LogP contribution is 2.30. The molecule has 0 spiro atoms. The Bertz CT molecular complexity index is 687. The van der Waals surface area contributed by atoms with Gasteiger partial charge in [0.15, 0.2) is 11.3 Å². The summed E-state index contributed by atoms with van der Waals surface area (Å²) < 4.78 is 0. The van der Waals surface area contributed by atoms with Crippen LogP contribution in [0.1, 0.15) is 0 Å². The van der Waals surface area contributed by atoms with E-state index in [0.29, 0.717) is 11.3 Å². The molecule has 1 N–H and O–H groups in total. The van der Waals surface area contributed by atoms with Gasteiger partial charge in [-0.25, -0.2) is 15.0 Å². The SMILES string of the molecule is C=CCSc1ccccc1-c1nc2nccnc2[nH]1. The minimum absolute atomic E-state index is 0.640. The maximum Gasteiger partial charge on any atom is 0.197 e. The van der Waals surface area contributed by atoms with Gasteiger partial charge >= 0.3 is 0 Å². The summed E-state index contributed by atoms with van der Waals surface area (Å²) in [4.78, 5) is 17.3. The minimum atomic E-state index is 0.640. The Kier molecular flexibility index (Phi) is 3.29. The monoisotopic (exact) mass is 268 g/mol. The average Bonchev–Trinajstić information content (AvgIpc) is 2.89.